The maximum Gasteiger partial charge on any atom is 0.188 e. The molecule has 1 saturated heterocycles. The topological polar surface area (TPSA) is 32.8 Å². The van der Waals surface area contributed by atoms with Crippen LogP contribution in [0.5, 0.6) is 0 Å². The molecule has 4 atom stereocenters. The van der Waals surface area contributed by atoms with Gasteiger partial charge in [-0.15, -0.1) is 0 Å². The first-order chi connectivity index (χ1) is 5.63. The molecule has 1 saturated carbocycles. The van der Waals surface area contributed by atoms with Crippen LogP contribution in [0.4, 0.5) is 0 Å². The molecule has 2 aliphatic rings. The van der Waals surface area contributed by atoms with Crippen molar-refractivity contribution < 1.29 is 9.53 Å². The quantitative estimate of drug-likeness (QED) is 0.528. The van der Waals surface area contributed by atoms with Crippen LogP contribution in [0.15, 0.2) is 0 Å². The van der Waals surface area contributed by atoms with E-state index in [0.717, 1.165) is 12.5 Å². The van der Waals surface area contributed by atoms with Crippen molar-refractivity contribution in [2.75, 3.05) is 0 Å². The molecule has 1 heterocycles. The Bertz CT molecular complexity index is 181. The predicted molar refractivity (Wildman–Crippen MR) is 50.6 cm³/mol. The molecule has 0 aromatic rings. The summed E-state index contributed by atoms with van der Waals surface area (Å²) in [6.07, 6.45) is 4.63. The van der Waals surface area contributed by atoms with E-state index in [1.54, 1.807) is 0 Å². The molecular formula is C9H18O2Si. The van der Waals surface area contributed by atoms with Crippen LogP contribution in [-0.4, -0.2) is 25.3 Å². The third kappa shape index (κ3) is 1.45. The highest BCUT2D eigenvalue weighted by atomic mass is 28.4. The lowest BCUT2D eigenvalue weighted by molar-refractivity contribution is 0.371. The molecule has 4 unspecified atom stereocenters. The van der Waals surface area contributed by atoms with Crippen LogP contribution in [0.2, 0.25) is 18.1 Å². The van der Waals surface area contributed by atoms with E-state index >= 15 is 0 Å². The molecular weight excluding hydrogens is 168 g/mol. The Balaban J connectivity index is 1.95. The van der Waals surface area contributed by atoms with Crippen LogP contribution in [0.1, 0.15) is 26.2 Å². The Morgan fingerprint density at radius 1 is 1.42 bits per heavy atom. The van der Waals surface area contributed by atoms with Gasteiger partial charge in [-0.2, -0.15) is 0 Å². The number of hydrogen-bond donors (Lipinski definition) is 1. The molecule has 2 fully saturated rings. The van der Waals surface area contributed by atoms with Crippen LogP contribution < -0.4 is 0 Å². The largest absolute Gasteiger partial charge is 0.432 e. The minimum absolute atomic E-state index is 0.522. The van der Waals surface area contributed by atoms with E-state index in [1.807, 2.05) is 0 Å². The third-order valence-corrected chi connectivity index (χ3v) is 7.31. The maximum atomic E-state index is 10.2. The lowest BCUT2D eigenvalue weighted by Crippen LogP contribution is -2.37. The first kappa shape index (κ1) is 8.72. The molecule has 2 nitrogen and oxygen atoms in total. The van der Waals surface area contributed by atoms with Crippen LogP contribution in [-0.2, 0) is 4.74 Å². The van der Waals surface area contributed by atoms with Crippen molar-refractivity contribution >= 4 is 8.32 Å². The van der Waals surface area contributed by atoms with Gasteiger partial charge in [0.1, 0.15) is 0 Å². The number of rotatable bonds is 2. The minimum Gasteiger partial charge on any atom is -0.432 e. The van der Waals surface area contributed by atoms with Gasteiger partial charge in [0.25, 0.3) is 0 Å². The van der Waals surface area contributed by atoms with Gasteiger partial charge < -0.3 is 9.53 Å². The summed E-state index contributed by atoms with van der Waals surface area (Å²) >= 11 is 0. The van der Waals surface area contributed by atoms with Crippen molar-refractivity contribution in [3.8, 4) is 0 Å². The van der Waals surface area contributed by atoms with E-state index in [4.69, 9.17) is 4.74 Å². The van der Waals surface area contributed by atoms with Crippen molar-refractivity contribution in [2.45, 2.75) is 56.5 Å². The molecule has 1 N–H and O–H groups in total. The number of ether oxygens (including phenoxy) is 1. The van der Waals surface area contributed by atoms with E-state index in [9.17, 15) is 4.80 Å². The summed E-state index contributed by atoms with van der Waals surface area (Å²) in [5.74, 6) is 0. The lowest BCUT2D eigenvalue weighted by atomic mass is 10.0. The molecule has 2 rings (SSSR count). The Kier molecular flexibility index (Phi) is 2.05. The molecule has 1 aliphatic carbocycles. The highest BCUT2D eigenvalue weighted by Crippen LogP contribution is 2.46. The van der Waals surface area contributed by atoms with Crippen molar-refractivity contribution in [3.05, 3.63) is 0 Å². The van der Waals surface area contributed by atoms with Crippen LogP contribution in [0, 0.1) is 0 Å². The van der Waals surface area contributed by atoms with Crippen molar-refractivity contribution in [1.82, 2.24) is 0 Å². The van der Waals surface area contributed by atoms with Gasteiger partial charge in [-0.1, -0.05) is 6.92 Å². The Morgan fingerprint density at radius 2 is 2.17 bits per heavy atom. The second kappa shape index (κ2) is 2.82. The number of fused-ring (bicyclic) bond motifs is 1. The van der Waals surface area contributed by atoms with Gasteiger partial charge >= 0.3 is 0 Å². The first-order valence-corrected chi connectivity index (χ1v) is 7.74. The third-order valence-electron chi connectivity index (χ3n) is 3.60. The zero-order valence-electron chi connectivity index (χ0n) is 7.92. The van der Waals surface area contributed by atoms with Gasteiger partial charge in [-0.25, -0.2) is 0 Å². The summed E-state index contributed by atoms with van der Waals surface area (Å²) in [6, 6.07) is 0.995. The molecule has 12 heavy (non-hydrogen) atoms. The fourth-order valence-electron chi connectivity index (χ4n) is 2.26. The highest BCUT2D eigenvalue weighted by Gasteiger charge is 2.48. The molecule has 3 heteroatoms. The Hall–Kier alpha value is 0.137. The van der Waals surface area contributed by atoms with Crippen LogP contribution in [0.3, 0.4) is 0 Å². The number of epoxide rings is 1. The monoisotopic (exact) mass is 186 g/mol. The summed E-state index contributed by atoms with van der Waals surface area (Å²) in [5, 5.41) is 0. The summed E-state index contributed by atoms with van der Waals surface area (Å²) in [7, 11) is -1.87. The smallest absolute Gasteiger partial charge is 0.188 e. The zero-order chi connectivity index (χ0) is 8.77. The van der Waals surface area contributed by atoms with Crippen molar-refractivity contribution in [3.63, 3.8) is 0 Å². The van der Waals surface area contributed by atoms with Crippen LogP contribution >= 0.6 is 0 Å². The maximum absolute atomic E-state index is 10.2. The average Bonchev–Trinajstić information content (AvgIpc) is 2.81. The minimum atomic E-state index is -1.87. The summed E-state index contributed by atoms with van der Waals surface area (Å²) in [5.41, 5.74) is 0.603. The summed E-state index contributed by atoms with van der Waals surface area (Å²) in [4.78, 5) is 10.2. The molecule has 0 bridgehead atoms. The van der Waals surface area contributed by atoms with Gasteiger partial charge in [-0.05, 0) is 37.4 Å². The SMILES string of the molecule is CC[Si](C)(O)C1CCC2OC2C1. The Morgan fingerprint density at radius 3 is 2.75 bits per heavy atom. The fraction of sp³-hybridized carbons (Fsp3) is 1.00. The Labute approximate surface area is 75.1 Å². The van der Waals surface area contributed by atoms with Gasteiger partial charge in [-0.3, -0.25) is 0 Å². The molecule has 0 amide bonds. The predicted octanol–water partition coefficient (Wildman–Crippen LogP) is 1.90. The zero-order valence-corrected chi connectivity index (χ0v) is 8.92. The molecule has 0 aromatic heterocycles. The second-order valence-electron chi connectivity index (χ2n) is 4.43. The molecule has 0 radical (unpaired) electrons. The summed E-state index contributed by atoms with van der Waals surface area (Å²) < 4.78 is 5.46. The van der Waals surface area contributed by atoms with Crippen LogP contribution in [0.25, 0.3) is 0 Å². The standard InChI is InChI=1S/C9H18O2Si/c1-3-12(2,10)7-4-5-8-9(6-7)11-8/h7-10H,3-6H2,1-2H3. The van der Waals surface area contributed by atoms with E-state index in [0.29, 0.717) is 17.7 Å². The van der Waals surface area contributed by atoms with E-state index in [2.05, 4.69) is 13.5 Å². The fourth-order valence-corrected chi connectivity index (χ4v) is 4.36. The van der Waals surface area contributed by atoms with Gasteiger partial charge in [0.2, 0.25) is 0 Å². The second-order valence-corrected chi connectivity index (χ2v) is 8.67. The molecule has 0 spiro atoms. The van der Waals surface area contributed by atoms with Crippen molar-refractivity contribution in [1.29, 1.82) is 0 Å². The molecule has 1 aliphatic heterocycles. The van der Waals surface area contributed by atoms with E-state index < -0.39 is 8.32 Å². The van der Waals surface area contributed by atoms with Gasteiger partial charge in [0, 0.05) is 0 Å². The number of hydrogen-bond acceptors (Lipinski definition) is 2. The first-order valence-electron chi connectivity index (χ1n) is 5.01. The average molecular weight is 186 g/mol. The van der Waals surface area contributed by atoms with Gasteiger partial charge in [0.05, 0.1) is 12.2 Å². The molecule has 0 aromatic carbocycles. The molecule has 70 valence electrons. The van der Waals surface area contributed by atoms with Crippen molar-refractivity contribution in [2.24, 2.45) is 0 Å². The normalized spacial score (nSPS) is 44.8. The van der Waals surface area contributed by atoms with E-state index in [1.165, 1.54) is 12.8 Å². The highest BCUT2D eigenvalue weighted by molar-refractivity contribution is 6.72. The van der Waals surface area contributed by atoms with E-state index in [-0.39, 0.29) is 0 Å². The lowest BCUT2D eigenvalue weighted by Gasteiger charge is -2.30. The van der Waals surface area contributed by atoms with Gasteiger partial charge in [0.15, 0.2) is 8.32 Å². The summed E-state index contributed by atoms with van der Waals surface area (Å²) in [6.45, 7) is 4.21.